The lowest BCUT2D eigenvalue weighted by atomic mass is 9.70. The lowest BCUT2D eigenvalue weighted by Gasteiger charge is -2.34. The van der Waals surface area contributed by atoms with Crippen LogP contribution in [-0.4, -0.2) is 11.1 Å². The highest BCUT2D eigenvalue weighted by molar-refractivity contribution is 5.90. The first-order chi connectivity index (χ1) is 12.5. The summed E-state index contributed by atoms with van der Waals surface area (Å²) < 4.78 is 0. The van der Waals surface area contributed by atoms with Gasteiger partial charge in [-0.05, 0) is 82.7 Å². The standard InChI is InChI=1S/C24H30O2/c1-6-15-16(7-2)18(9-4)23-14(5)19-11-10-12-20(24(25)26)21(19)13-22(23)17(15)8-3/h10-12,14H,6-9,13H2,1-5H3,(H,25,26). The highest BCUT2D eigenvalue weighted by atomic mass is 16.4. The Morgan fingerprint density at radius 1 is 0.923 bits per heavy atom. The van der Waals surface area contributed by atoms with Crippen LogP contribution in [0.15, 0.2) is 18.2 Å². The monoisotopic (exact) mass is 350 g/mol. The van der Waals surface area contributed by atoms with Crippen molar-refractivity contribution in [2.75, 3.05) is 0 Å². The summed E-state index contributed by atoms with van der Waals surface area (Å²) in [6.45, 7) is 11.3. The Hall–Kier alpha value is -2.09. The van der Waals surface area contributed by atoms with E-state index in [-0.39, 0.29) is 5.92 Å². The quantitative estimate of drug-likeness (QED) is 0.752. The van der Waals surface area contributed by atoms with Crippen LogP contribution in [0.25, 0.3) is 0 Å². The highest BCUT2D eigenvalue weighted by Gasteiger charge is 2.31. The zero-order chi connectivity index (χ0) is 19.0. The van der Waals surface area contributed by atoms with Crippen molar-refractivity contribution in [1.29, 1.82) is 0 Å². The summed E-state index contributed by atoms with van der Waals surface area (Å²) in [5.74, 6) is -0.559. The van der Waals surface area contributed by atoms with Gasteiger partial charge in [-0.2, -0.15) is 0 Å². The minimum absolute atomic E-state index is 0.254. The van der Waals surface area contributed by atoms with Crippen LogP contribution >= 0.6 is 0 Å². The summed E-state index contributed by atoms with van der Waals surface area (Å²) in [7, 11) is 0. The molecule has 2 heteroatoms. The van der Waals surface area contributed by atoms with Gasteiger partial charge in [-0.25, -0.2) is 4.79 Å². The lowest BCUT2D eigenvalue weighted by Crippen LogP contribution is -2.21. The molecule has 1 aliphatic carbocycles. The van der Waals surface area contributed by atoms with Crippen LogP contribution in [0.5, 0.6) is 0 Å². The van der Waals surface area contributed by atoms with Gasteiger partial charge in [-0.15, -0.1) is 0 Å². The third kappa shape index (κ3) is 2.67. The Morgan fingerprint density at radius 3 is 2.04 bits per heavy atom. The minimum atomic E-state index is -0.813. The highest BCUT2D eigenvalue weighted by Crippen LogP contribution is 2.44. The van der Waals surface area contributed by atoms with E-state index in [0.717, 1.165) is 37.7 Å². The number of aromatic carboxylic acids is 1. The number of carboxylic acid groups (broad SMARTS) is 1. The molecule has 1 atom stereocenters. The summed E-state index contributed by atoms with van der Waals surface area (Å²) in [5.41, 5.74) is 11.6. The average molecular weight is 351 g/mol. The Labute approximate surface area is 157 Å². The average Bonchev–Trinajstić information content (AvgIpc) is 2.65. The second-order valence-corrected chi connectivity index (χ2v) is 7.30. The molecule has 2 nitrogen and oxygen atoms in total. The van der Waals surface area contributed by atoms with E-state index in [2.05, 4.69) is 40.7 Å². The maximum Gasteiger partial charge on any atom is 0.335 e. The van der Waals surface area contributed by atoms with Crippen molar-refractivity contribution in [3.8, 4) is 0 Å². The van der Waals surface area contributed by atoms with E-state index in [1.807, 2.05) is 6.07 Å². The van der Waals surface area contributed by atoms with Gasteiger partial charge in [0.2, 0.25) is 0 Å². The maximum atomic E-state index is 11.8. The Kier molecular flexibility index (Phi) is 5.22. The number of hydrogen-bond acceptors (Lipinski definition) is 1. The maximum absolute atomic E-state index is 11.8. The minimum Gasteiger partial charge on any atom is -0.478 e. The van der Waals surface area contributed by atoms with E-state index >= 15 is 0 Å². The van der Waals surface area contributed by atoms with Gasteiger partial charge in [0.1, 0.15) is 0 Å². The van der Waals surface area contributed by atoms with Gasteiger partial charge in [0, 0.05) is 5.92 Å². The van der Waals surface area contributed by atoms with E-state index in [1.165, 1.54) is 38.9 Å². The molecule has 0 aliphatic heterocycles. The van der Waals surface area contributed by atoms with Crippen LogP contribution in [-0.2, 0) is 32.1 Å². The van der Waals surface area contributed by atoms with Crippen molar-refractivity contribution in [3.63, 3.8) is 0 Å². The van der Waals surface area contributed by atoms with Crippen LogP contribution in [0.2, 0.25) is 0 Å². The van der Waals surface area contributed by atoms with Gasteiger partial charge in [-0.3, -0.25) is 0 Å². The smallest absolute Gasteiger partial charge is 0.335 e. The van der Waals surface area contributed by atoms with E-state index in [0.29, 0.717) is 5.56 Å². The van der Waals surface area contributed by atoms with Gasteiger partial charge in [0.15, 0.2) is 0 Å². The van der Waals surface area contributed by atoms with Gasteiger partial charge < -0.3 is 5.11 Å². The van der Waals surface area contributed by atoms with Crippen LogP contribution in [0.4, 0.5) is 0 Å². The number of fused-ring (bicyclic) bond motifs is 2. The second-order valence-electron chi connectivity index (χ2n) is 7.30. The fraction of sp³-hybridized carbons (Fsp3) is 0.458. The summed E-state index contributed by atoms with van der Waals surface area (Å²) in [6.07, 6.45) is 4.93. The molecule has 0 bridgehead atoms. The van der Waals surface area contributed by atoms with Crippen molar-refractivity contribution in [1.82, 2.24) is 0 Å². The van der Waals surface area contributed by atoms with Crippen molar-refractivity contribution >= 4 is 5.97 Å². The number of carbonyl (C=O) groups is 1. The van der Waals surface area contributed by atoms with Gasteiger partial charge >= 0.3 is 5.97 Å². The number of hydrogen-bond donors (Lipinski definition) is 1. The predicted molar refractivity (Wildman–Crippen MR) is 108 cm³/mol. The van der Waals surface area contributed by atoms with E-state index in [1.54, 1.807) is 6.07 Å². The first-order valence-corrected chi connectivity index (χ1v) is 10.0. The molecule has 138 valence electrons. The van der Waals surface area contributed by atoms with Crippen molar-refractivity contribution in [3.05, 3.63) is 68.3 Å². The first-order valence-electron chi connectivity index (χ1n) is 10.0. The zero-order valence-corrected chi connectivity index (χ0v) is 16.7. The van der Waals surface area contributed by atoms with Crippen LogP contribution in [0.1, 0.15) is 95.4 Å². The van der Waals surface area contributed by atoms with Crippen molar-refractivity contribution in [2.45, 2.75) is 72.6 Å². The van der Waals surface area contributed by atoms with E-state index in [9.17, 15) is 9.90 Å². The molecule has 0 spiro atoms. The Bertz CT molecular complexity index is 861. The molecular weight excluding hydrogens is 320 g/mol. The first kappa shape index (κ1) is 18.7. The molecule has 0 amide bonds. The summed E-state index contributed by atoms with van der Waals surface area (Å²) in [5, 5.41) is 9.69. The fourth-order valence-electron chi connectivity index (χ4n) is 5.20. The third-order valence-corrected chi connectivity index (χ3v) is 6.22. The SMILES string of the molecule is CCc1c(CC)c(CC)c2c(c1CC)Cc1c(C(=O)O)cccc1C2C. The molecule has 0 saturated carbocycles. The number of carboxylic acids is 1. The molecule has 1 N–H and O–H groups in total. The molecule has 0 aromatic heterocycles. The van der Waals surface area contributed by atoms with Crippen LogP contribution in [0.3, 0.4) is 0 Å². The molecule has 0 saturated heterocycles. The summed E-state index contributed by atoms with van der Waals surface area (Å²) in [4.78, 5) is 11.8. The van der Waals surface area contributed by atoms with Gasteiger partial charge in [0.05, 0.1) is 5.56 Å². The summed E-state index contributed by atoms with van der Waals surface area (Å²) in [6, 6.07) is 5.78. The molecule has 2 aromatic carbocycles. The zero-order valence-electron chi connectivity index (χ0n) is 16.7. The lowest BCUT2D eigenvalue weighted by molar-refractivity contribution is 0.0695. The topological polar surface area (TPSA) is 37.3 Å². The predicted octanol–water partition coefficient (Wildman–Crippen LogP) is 5.69. The van der Waals surface area contributed by atoms with Crippen LogP contribution in [0, 0.1) is 0 Å². The molecule has 0 heterocycles. The molecule has 2 aromatic rings. The molecule has 3 rings (SSSR count). The van der Waals surface area contributed by atoms with E-state index in [4.69, 9.17) is 0 Å². The molecule has 1 aliphatic rings. The number of benzene rings is 2. The van der Waals surface area contributed by atoms with Crippen molar-refractivity contribution < 1.29 is 9.90 Å². The number of rotatable bonds is 5. The summed E-state index contributed by atoms with van der Waals surface area (Å²) >= 11 is 0. The van der Waals surface area contributed by atoms with Gasteiger partial charge in [0.25, 0.3) is 0 Å². The molecular formula is C24H30O2. The molecule has 0 radical (unpaired) electrons. The molecule has 1 unspecified atom stereocenters. The Morgan fingerprint density at radius 2 is 1.50 bits per heavy atom. The van der Waals surface area contributed by atoms with Crippen LogP contribution < -0.4 is 0 Å². The molecule has 26 heavy (non-hydrogen) atoms. The Balaban J connectivity index is 2.37. The van der Waals surface area contributed by atoms with E-state index < -0.39 is 5.97 Å². The third-order valence-electron chi connectivity index (χ3n) is 6.22. The van der Waals surface area contributed by atoms with Gasteiger partial charge in [-0.1, -0.05) is 46.8 Å². The fourth-order valence-corrected chi connectivity index (χ4v) is 5.20. The molecule has 0 fully saturated rings. The second kappa shape index (κ2) is 7.26. The largest absolute Gasteiger partial charge is 0.478 e. The normalized spacial score (nSPS) is 15.5. The van der Waals surface area contributed by atoms with Crippen molar-refractivity contribution in [2.24, 2.45) is 0 Å².